The van der Waals surface area contributed by atoms with Crippen molar-refractivity contribution >= 4 is 0 Å². The standard InChI is InChI=1S/C14H20/c1-3-7-13(8-4-1)11-12-14-9-5-2-6-10-14/h3,7,13-14H,1-2,4-6,8-10H2. The summed E-state index contributed by atoms with van der Waals surface area (Å²) in [5.41, 5.74) is 0. The van der Waals surface area contributed by atoms with Gasteiger partial charge in [-0.15, -0.1) is 0 Å². The molecule has 2 aliphatic rings. The summed E-state index contributed by atoms with van der Waals surface area (Å²) in [6.07, 6.45) is 15.4. The highest BCUT2D eigenvalue weighted by Crippen LogP contribution is 2.23. The van der Waals surface area contributed by atoms with Crippen molar-refractivity contribution in [2.45, 2.75) is 51.4 Å². The predicted octanol–water partition coefficient (Wildman–Crippen LogP) is 3.93. The summed E-state index contributed by atoms with van der Waals surface area (Å²) in [5.74, 6) is 8.24. The molecule has 1 unspecified atom stereocenters. The molecule has 0 saturated heterocycles. The minimum absolute atomic E-state index is 0.575. The fraction of sp³-hybridized carbons (Fsp3) is 0.714. The summed E-state index contributed by atoms with van der Waals surface area (Å²) in [5, 5.41) is 0. The molecular formula is C14H20. The highest BCUT2D eigenvalue weighted by molar-refractivity contribution is 5.14. The molecule has 0 heteroatoms. The molecule has 0 aromatic carbocycles. The fourth-order valence-electron chi connectivity index (χ4n) is 2.40. The third kappa shape index (κ3) is 2.91. The molecule has 1 fully saturated rings. The molecule has 0 radical (unpaired) electrons. The first-order valence-electron chi connectivity index (χ1n) is 6.13. The summed E-state index contributed by atoms with van der Waals surface area (Å²) in [7, 11) is 0. The third-order valence-corrected chi connectivity index (χ3v) is 3.33. The molecule has 2 rings (SSSR count). The van der Waals surface area contributed by atoms with Gasteiger partial charge in [0.25, 0.3) is 0 Å². The Labute approximate surface area is 87.8 Å². The van der Waals surface area contributed by atoms with Crippen LogP contribution in [0.2, 0.25) is 0 Å². The van der Waals surface area contributed by atoms with Crippen molar-refractivity contribution < 1.29 is 0 Å². The molecule has 0 heterocycles. The van der Waals surface area contributed by atoms with Crippen molar-refractivity contribution in [1.29, 1.82) is 0 Å². The second kappa shape index (κ2) is 5.25. The van der Waals surface area contributed by atoms with Gasteiger partial charge in [-0.2, -0.15) is 0 Å². The monoisotopic (exact) mass is 188 g/mol. The number of rotatable bonds is 0. The molecule has 0 aromatic heterocycles. The van der Waals surface area contributed by atoms with Gasteiger partial charge in [0.2, 0.25) is 0 Å². The molecule has 0 bridgehead atoms. The largest absolute Gasteiger partial charge is 0.0993 e. The highest BCUT2D eigenvalue weighted by Gasteiger charge is 2.10. The second-order valence-corrected chi connectivity index (χ2v) is 4.59. The fourth-order valence-corrected chi connectivity index (χ4v) is 2.40. The topological polar surface area (TPSA) is 0 Å². The normalized spacial score (nSPS) is 28.1. The van der Waals surface area contributed by atoms with Gasteiger partial charge in [0, 0.05) is 11.8 Å². The van der Waals surface area contributed by atoms with Crippen molar-refractivity contribution in [2.75, 3.05) is 0 Å². The summed E-state index contributed by atoms with van der Waals surface area (Å²) >= 11 is 0. The Morgan fingerprint density at radius 1 is 0.857 bits per heavy atom. The molecule has 14 heavy (non-hydrogen) atoms. The summed E-state index contributed by atoms with van der Waals surface area (Å²) in [4.78, 5) is 0. The van der Waals surface area contributed by atoms with E-state index in [4.69, 9.17) is 0 Å². The Morgan fingerprint density at radius 3 is 2.43 bits per heavy atom. The summed E-state index contributed by atoms with van der Waals surface area (Å²) in [6, 6.07) is 0. The Kier molecular flexibility index (Phi) is 3.69. The van der Waals surface area contributed by atoms with Gasteiger partial charge in [-0.1, -0.05) is 43.3 Å². The number of hydrogen-bond donors (Lipinski definition) is 0. The van der Waals surface area contributed by atoms with Crippen LogP contribution in [0.4, 0.5) is 0 Å². The predicted molar refractivity (Wildman–Crippen MR) is 60.8 cm³/mol. The second-order valence-electron chi connectivity index (χ2n) is 4.59. The molecule has 0 nitrogen and oxygen atoms in total. The van der Waals surface area contributed by atoms with Crippen LogP contribution in [0.1, 0.15) is 51.4 Å². The summed E-state index contributed by atoms with van der Waals surface area (Å²) < 4.78 is 0. The maximum absolute atomic E-state index is 3.49. The molecule has 2 aliphatic carbocycles. The Hall–Kier alpha value is -0.700. The van der Waals surface area contributed by atoms with Gasteiger partial charge in [-0.05, 0) is 32.1 Å². The first-order chi connectivity index (χ1) is 6.95. The maximum Gasteiger partial charge on any atom is 0.0382 e. The number of hydrogen-bond acceptors (Lipinski definition) is 0. The molecule has 1 saturated carbocycles. The van der Waals surface area contributed by atoms with Crippen molar-refractivity contribution in [3.05, 3.63) is 12.2 Å². The van der Waals surface area contributed by atoms with Crippen molar-refractivity contribution in [1.82, 2.24) is 0 Å². The lowest BCUT2D eigenvalue weighted by Gasteiger charge is -2.16. The van der Waals surface area contributed by atoms with Crippen LogP contribution >= 0.6 is 0 Å². The van der Waals surface area contributed by atoms with Crippen LogP contribution < -0.4 is 0 Å². The van der Waals surface area contributed by atoms with Crippen LogP contribution in [0.15, 0.2) is 12.2 Å². The Morgan fingerprint density at radius 2 is 1.71 bits per heavy atom. The van der Waals surface area contributed by atoms with Crippen LogP contribution in [0, 0.1) is 23.7 Å². The first-order valence-corrected chi connectivity index (χ1v) is 6.13. The SMILES string of the molecule is C(#CC1CCCCC1)C1C=CCCC1. The van der Waals surface area contributed by atoms with E-state index in [1.807, 2.05) is 0 Å². The maximum atomic E-state index is 3.49. The number of allylic oxidation sites excluding steroid dienone is 2. The summed E-state index contributed by atoms with van der Waals surface area (Å²) in [6.45, 7) is 0. The molecule has 0 aromatic rings. The van der Waals surface area contributed by atoms with Gasteiger partial charge in [0.05, 0.1) is 0 Å². The lowest BCUT2D eigenvalue weighted by atomic mass is 9.88. The lowest BCUT2D eigenvalue weighted by Crippen LogP contribution is -2.04. The minimum atomic E-state index is 0.575. The highest BCUT2D eigenvalue weighted by atomic mass is 14.1. The van der Waals surface area contributed by atoms with Gasteiger partial charge in [-0.3, -0.25) is 0 Å². The smallest absolute Gasteiger partial charge is 0.0382 e. The van der Waals surface area contributed by atoms with E-state index in [-0.39, 0.29) is 0 Å². The van der Waals surface area contributed by atoms with Gasteiger partial charge in [0.15, 0.2) is 0 Å². The molecular weight excluding hydrogens is 168 g/mol. The first kappa shape index (κ1) is 9.84. The average molecular weight is 188 g/mol. The van der Waals surface area contributed by atoms with Crippen LogP contribution in [0.3, 0.4) is 0 Å². The van der Waals surface area contributed by atoms with Gasteiger partial charge in [-0.25, -0.2) is 0 Å². The van der Waals surface area contributed by atoms with E-state index in [2.05, 4.69) is 24.0 Å². The van der Waals surface area contributed by atoms with Crippen LogP contribution in [0.5, 0.6) is 0 Å². The van der Waals surface area contributed by atoms with Crippen LogP contribution in [-0.2, 0) is 0 Å². The quantitative estimate of drug-likeness (QED) is 0.399. The van der Waals surface area contributed by atoms with Gasteiger partial charge in [0.1, 0.15) is 0 Å². The van der Waals surface area contributed by atoms with E-state index >= 15 is 0 Å². The minimum Gasteiger partial charge on any atom is -0.0993 e. The van der Waals surface area contributed by atoms with E-state index in [1.54, 1.807) is 0 Å². The average Bonchev–Trinajstić information content (AvgIpc) is 2.29. The zero-order valence-corrected chi connectivity index (χ0v) is 8.97. The lowest BCUT2D eigenvalue weighted by molar-refractivity contribution is 0.429. The van der Waals surface area contributed by atoms with E-state index in [9.17, 15) is 0 Å². The molecule has 0 N–H and O–H groups in total. The van der Waals surface area contributed by atoms with Crippen molar-refractivity contribution in [3.63, 3.8) is 0 Å². The Bertz CT molecular complexity index is 245. The van der Waals surface area contributed by atoms with E-state index in [0.717, 1.165) is 5.92 Å². The zero-order valence-electron chi connectivity index (χ0n) is 8.97. The Balaban J connectivity index is 1.84. The zero-order chi connectivity index (χ0) is 9.64. The van der Waals surface area contributed by atoms with Crippen LogP contribution in [-0.4, -0.2) is 0 Å². The molecule has 0 aliphatic heterocycles. The van der Waals surface area contributed by atoms with Gasteiger partial charge >= 0.3 is 0 Å². The van der Waals surface area contributed by atoms with Crippen molar-refractivity contribution in [2.24, 2.45) is 11.8 Å². The third-order valence-electron chi connectivity index (χ3n) is 3.33. The van der Waals surface area contributed by atoms with Crippen molar-refractivity contribution in [3.8, 4) is 11.8 Å². The van der Waals surface area contributed by atoms with E-state index in [0.29, 0.717) is 5.92 Å². The molecule has 0 spiro atoms. The molecule has 0 amide bonds. The van der Waals surface area contributed by atoms with Gasteiger partial charge < -0.3 is 0 Å². The van der Waals surface area contributed by atoms with E-state index in [1.165, 1.54) is 51.4 Å². The van der Waals surface area contributed by atoms with Crippen LogP contribution in [0.25, 0.3) is 0 Å². The molecule has 76 valence electrons. The molecule has 1 atom stereocenters. The van der Waals surface area contributed by atoms with E-state index < -0.39 is 0 Å².